The van der Waals surface area contributed by atoms with Crippen LogP contribution in [0.5, 0.6) is 0 Å². The average Bonchev–Trinajstić information content (AvgIpc) is 2.76. The lowest BCUT2D eigenvalue weighted by molar-refractivity contribution is 0.0778. The average molecular weight is 375 g/mol. The van der Waals surface area contributed by atoms with Crippen LogP contribution in [0.15, 0.2) is 27.5 Å². The minimum Gasteiger partial charge on any atom is -0.464 e. The Morgan fingerprint density at radius 2 is 1.96 bits per heavy atom. The molecule has 0 fully saturated rings. The number of carbonyl (C=O) groups excluding carboxylic acids is 1. The molecule has 0 atom stereocenters. The molecule has 0 bridgehead atoms. The van der Waals surface area contributed by atoms with Crippen molar-refractivity contribution < 1.29 is 22.0 Å². The van der Waals surface area contributed by atoms with E-state index in [9.17, 15) is 17.6 Å². The third kappa shape index (κ3) is 3.45. The van der Waals surface area contributed by atoms with Crippen LogP contribution in [-0.2, 0) is 16.6 Å². The van der Waals surface area contributed by atoms with Crippen LogP contribution in [0.3, 0.4) is 0 Å². The van der Waals surface area contributed by atoms with Crippen molar-refractivity contribution in [2.45, 2.75) is 25.3 Å². The number of furan rings is 1. The van der Waals surface area contributed by atoms with Crippen LogP contribution in [0.4, 0.5) is 4.39 Å². The molecule has 1 heterocycles. The summed E-state index contributed by atoms with van der Waals surface area (Å²) in [6.45, 7) is 2.72. The summed E-state index contributed by atoms with van der Waals surface area (Å²) in [6, 6.07) is 4.18. The van der Waals surface area contributed by atoms with Gasteiger partial charge in [0.05, 0.1) is 0 Å². The standard InChI is InChI=1S/C15H16ClFN2O4S/c1-8-13(14(9(2)23-8)24(18,21)22)15(20)19(3)7-10-11(16)5-4-6-12(10)17/h4-6H,7H2,1-3H3,(H2,18,21,22). The van der Waals surface area contributed by atoms with Gasteiger partial charge in [0.2, 0.25) is 10.0 Å². The second-order valence-electron chi connectivity index (χ2n) is 5.32. The zero-order valence-corrected chi connectivity index (χ0v) is 14.8. The molecule has 24 heavy (non-hydrogen) atoms. The van der Waals surface area contributed by atoms with Gasteiger partial charge in [-0.15, -0.1) is 0 Å². The lowest BCUT2D eigenvalue weighted by Gasteiger charge is -2.18. The van der Waals surface area contributed by atoms with E-state index in [0.717, 1.165) is 4.90 Å². The summed E-state index contributed by atoms with van der Waals surface area (Å²) < 4.78 is 42.6. The fourth-order valence-corrected chi connectivity index (χ4v) is 3.62. The summed E-state index contributed by atoms with van der Waals surface area (Å²) in [5.74, 6) is -1.08. The fraction of sp³-hybridized carbons (Fsp3) is 0.267. The Balaban J connectivity index is 2.43. The minimum atomic E-state index is -4.15. The molecule has 1 aromatic carbocycles. The molecular formula is C15H16ClFN2O4S. The largest absolute Gasteiger partial charge is 0.464 e. The van der Waals surface area contributed by atoms with E-state index < -0.39 is 21.7 Å². The van der Waals surface area contributed by atoms with Crippen LogP contribution in [0.25, 0.3) is 0 Å². The Morgan fingerprint density at radius 3 is 2.50 bits per heavy atom. The Hall–Kier alpha value is -1.90. The highest BCUT2D eigenvalue weighted by Crippen LogP contribution is 2.28. The highest BCUT2D eigenvalue weighted by atomic mass is 35.5. The number of amides is 1. The highest BCUT2D eigenvalue weighted by molar-refractivity contribution is 7.89. The normalized spacial score (nSPS) is 11.6. The lowest BCUT2D eigenvalue weighted by Crippen LogP contribution is -2.29. The number of hydrogen-bond donors (Lipinski definition) is 1. The van der Waals surface area contributed by atoms with Crippen molar-refractivity contribution in [1.82, 2.24) is 4.90 Å². The highest BCUT2D eigenvalue weighted by Gasteiger charge is 2.30. The minimum absolute atomic E-state index is 0.0238. The van der Waals surface area contributed by atoms with Gasteiger partial charge < -0.3 is 9.32 Å². The van der Waals surface area contributed by atoms with Crippen molar-refractivity contribution in [3.05, 3.63) is 51.7 Å². The van der Waals surface area contributed by atoms with Crippen molar-refractivity contribution >= 4 is 27.5 Å². The van der Waals surface area contributed by atoms with E-state index in [1.54, 1.807) is 0 Å². The topological polar surface area (TPSA) is 93.6 Å². The molecule has 1 amide bonds. The van der Waals surface area contributed by atoms with Gasteiger partial charge in [0.25, 0.3) is 5.91 Å². The van der Waals surface area contributed by atoms with Gasteiger partial charge in [-0.3, -0.25) is 4.79 Å². The number of aryl methyl sites for hydroxylation is 2. The molecule has 9 heteroatoms. The number of hydrogen-bond acceptors (Lipinski definition) is 4. The Bertz CT molecular complexity index is 888. The molecule has 0 saturated heterocycles. The number of nitrogens with two attached hydrogens (primary N) is 1. The summed E-state index contributed by atoms with van der Waals surface area (Å²) in [7, 11) is -2.75. The van der Waals surface area contributed by atoms with E-state index >= 15 is 0 Å². The molecule has 130 valence electrons. The van der Waals surface area contributed by atoms with Crippen LogP contribution in [0, 0.1) is 19.7 Å². The van der Waals surface area contributed by atoms with Gasteiger partial charge in [0.1, 0.15) is 27.8 Å². The Morgan fingerprint density at radius 1 is 1.33 bits per heavy atom. The van der Waals surface area contributed by atoms with Gasteiger partial charge in [-0.25, -0.2) is 17.9 Å². The van der Waals surface area contributed by atoms with E-state index in [1.807, 2.05) is 0 Å². The Kier molecular flexibility index (Phi) is 5.03. The molecular weight excluding hydrogens is 359 g/mol. The number of carbonyl (C=O) groups is 1. The van der Waals surface area contributed by atoms with Gasteiger partial charge in [-0.2, -0.15) is 0 Å². The van der Waals surface area contributed by atoms with E-state index in [0.29, 0.717) is 0 Å². The lowest BCUT2D eigenvalue weighted by atomic mass is 10.1. The summed E-state index contributed by atoms with van der Waals surface area (Å²) in [4.78, 5) is 13.4. The monoisotopic (exact) mass is 374 g/mol. The number of sulfonamides is 1. The first-order valence-corrected chi connectivity index (χ1v) is 8.77. The zero-order chi connectivity index (χ0) is 18.2. The molecule has 0 aliphatic carbocycles. The summed E-state index contributed by atoms with van der Waals surface area (Å²) in [5.41, 5.74) is -0.0324. The molecule has 1 aromatic heterocycles. The quantitative estimate of drug-likeness (QED) is 0.890. The fourth-order valence-electron chi connectivity index (χ4n) is 2.44. The predicted octanol–water partition coefficient (Wildman–Crippen LogP) is 2.61. The summed E-state index contributed by atoms with van der Waals surface area (Å²) in [5, 5.41) is 5.34. The maximum absolute atomic E-state index is 13.9. The van der Waals surface area contributed by atoms with Crippen molar-refractivity contribution in [1.29, 1.82) is 0 Å². The van der Waals surface area contributed by atoms with Crippen molar-refractivity contribution in [3.8, 4) is 0 Å². The maximum atomic E-state index is 13.9. The third-order valence-corrected chi connectivity index (χ3v) is 4.92. The van der Waals surface area contributed by atoms with E-state index in [-0.39, 0.29) is 39.1 Å². The van der Waals surface area contributed by atoms with Crippen LogP contribution in [0.2, 0.25) is 5.02 Å². The molecule has 0 aliphatic heterocycles. The molecule has 0 aliphatic rings. The first-order chi connectivity index (χ1) is 11.0. The smallest absolute Gasteiger partial charge is 0.258 e. The number of rotatable bonds is 4. The molecule has 0 spiro atoms. The third-order valence-electron chi connectivity index (χ3n) is 3.51. The number of halogens is 2. The SMILES string of the molecule is Cc1oc(C)c(S(N)(=O)=O)c1C(=O)N(C)Cc1c(F)cccc1Cl. The van der Waals surface area contributed by atoms with Crippen molar-refractivity contribution in [2.75, 3.05) is 7.05 Å². The van der Waals surface area contributed by atoms with Crippen LogP contribution >= 0.6 is 11.6 Å². The molecule has 6 nitrogen and oxygen atoms in total. The second kappa shape index (κ2) is 6.54. The Labute approximate surface area is 144 Å². The van der Waals surface area contributed by atoms with Crippen LogP contribution in [-0.4, -0.2) is 26.3 Å². The number of primary sulfonamides is 1. The first-order valence-electron chi connectivity index (χ1n) is 6.85. The molecule has 0 saturated carbocycles. The van der Waals surface area contributed by atoms with Gasteiger partial charge >= 0.3 is 0 Å². The molecule has 0 radical (unpaired) electrons. The summed E-state index contributed by atoms with van der Waals surface area (Å²) in [6.07, 6.45) is 0. The first kappa shape index (κ1) is 18.4. The van der Waals surface area contributed by atoms with Gasteiger partial charge in [-0.05, 0) is 26.0 Å². The molecule has 2 rings (SSSR count). The zero-order valence-electron chi connectivity index (χ0n) is 13.3. The predicted molar refractivity (Wildman–Crippen MR) is 86.8 cm³/mol. The summed E-state index contributed by atoms with van der Waals surface area (Å²) >= 11 is 5.95. The van der Waals surface area contributed by atoms with Gasteiger partial charge in [-0.1, -0.05) is 17.7 Å². The molecule has 0 unspecified atom stereocenters. The molecule has 2 aromatic rings. The number of nitrogens with zero attached hydrogens (tertiary/aromatic N) is 1. The second-order valence-corrected chi connectivity index (χ2v) is 7.23. The van der Waals surface area contributed by atoms with E-state index in [2.05, 4.69) is 0 Å². The number of benzene rings is 1. The van der Waals surface area contributed by atoms with Crippen LogP contribution in [0.1, 0.15) is 27.4 Å². The maximum Gasteiger partial charge on any atom is 0.258 e. The van der Waals surface area contributed by atoms with E-state index in [1.165, 1.54) is 39.1 Å². The van der Waals surface area contributed by atoms with Crippen molar-refractivity contribution in [3.63, 3.8) is 0 Å². The van der Waals surface area contributed by atoms with Gasteiger partial charge in [0.15, 0.2) is 0 Å². The van der Waals surface area contributed by atoms with E-state index in [4.69, 9.17) is 21.2 Å². The molecule has 2 N–H and O–H groups in total. The van der Waals surface area contributed by atoms with Gasteiger partial charge in [0, 0.05) is 24.2 Å². The van der Waals surface area contributed by atoms with Crippen LogP contribution < -0.4 is 5.14 Å². The van der Waals surface area contributed by atoms with Crippen molar-refractivity contribution in [2.24, 2.45) is 5.14 Å².